The number of rotatable bonds is 2. The van der Waals surface area contributed by atoms with Crippen LogP contribution < -0.4 is 5.73 Å². The third-order valence-corrected chi connectivity index (χ3v) is 5.54. The average molecular weight is 374 g/mol. The number of likely N-dealkylation sites (tertiary alicyclic amines) is 1. The number of hydrogen-bond acceptors (Lipinski definition) is 6. The van der Waals surface area contributed by atoms with E-state index in [4.69, 9.17) is 17.3 Å². The van der Waals surface area contributed by atoms with Gasteiger partial charge in [0.25, 0.3) is 5.91 Å². The number of thiophene rings is 1. The van der Waals surface area contributed by atoms with E-state index in [9.17, 15) is 4.79 Å². The Hall–Kier alpha value is -2.09. The number of fused-ring (bicyclic) bond motifs is 1. The lowest BCUT2D eigenvalue weighted by Gasteiger charge is -2.30. The lowest BCUT2D eigenvalue weighted by Crippen LogP contribution is -2.45. The van der Waals surface area contributed by atoms with Crippen molar-refractivity contribution in [2.24, 2.45) is 5.73 Å². The molecule has 1 aliphatic heterocycles. The molecule has 0 spiro atoms. The zero-order chi connectivity index (χ0) is 17.4. The van der Waals surface area contributed by atoms with Crippen LogP contribution in [0.4, 0.5) is 0 Å². The zero-order valence-corrected chi connectivity index (χ0v) is 14.9. The first-order valence-electron chi connectivity index (χ1n) is 8.05. The number of hydrogen-bond donors (Lipinski definition) is 1. The summed E-state index contributed by atoms with van der Waals surface area (Å²) in [6.07, 6.45) is 1.88. The van der Waals surface area contributed by atoms with Crippen molar-refractivity contribution in [2.75, 3.05) is 13.1 Å². The minimum absolute atomic E-state index is 0.0443. The van der Waals surface area contributed by atoms with Crippen LogP contribution in [0.3, 0.4) is 0 Å². The molecule has 1 saturated heterocycles. The molecule has 4 heterocycles. The summed E-state index contributed by atoms with van der Waals surface area (Å²) in [5.74, 6) is -0.112. The maximum Gasteiger partial charge on any atom is 0.274 e. The number of carbonyl (C=O) groups excluding carboxylic acids is 1. The molecule has 0 saturated carbocycles. The lowest BCUT2D eigenvalue weighted by atomic mass is 10.1. The van der Waals surface area contributed by atoms with E-state index in [1.54, 1.807) is 28.4 Å². The first-order valence-corrected chi connectivity index (χ1v) is 9.24. The SMILES string of the molecule is NC1CCCN(C(=O)c2ccc(-c3cc4nc(Cl)ccc4s3)nn2)C1. The highest BCUT2D eigenvalue weighted by Crippen LogP contribution is 2.32. The molecule has 128 valence electrons. The summed E-state index contributed by atoms with van der Waals surface area (Å²) in [4.78, 5) is 19.5. The Morgan fingerprint density at radius 3 is 2.92 bits per heavy atom. The van der Waals surface area contributed by atoms with Gasteiger partial charge in [0.15, 0.2) is 5.69 Å². The van der Waals surface area contributed by atoms with Crippen LogP contribution in [0.2, 0.25) is 5.15 Å². The molecule has 0 radical (unpaired) electrons. The van der Waals surface area contributed by atoms with Gasteiger partial charge in [-0.2, -0.15) is 0 Å². The van der Waals surface area contributed by atoms with Crippen molar-refractivity contribution in [2.45, 2.75) is 18.9 Å². The predicted octanol–water partition coefficient (Wildman–Crippen LogP) is 2.97. The maximum absolute atomic E-state index is 12.5. The fourth-order valence-electron chi connectivity index (χ4n) is 2.96. The fraction of sp³-hybridized carbons (Fsp3) is 0.294. The molecule has 25 heavy (non-hydrogen) atoms. The number of amides is 1. The minimum Gasteiger partial charge on any atom is -0.336 e. The summed E-state index contributed by atoms with van der Waals surface area (Å²) in [5, 5.41) is 8.81. The summed E-state index contributed by atoms with van der Waals surface area (Å²) in [7, 11) is 0. The van der Waals surface area contributed by atoms with Crippen LogP contribution in [-0.4, -0.2) is 45.1 Å². The topological polar surface area (TPSA) is 85.0 Å². The van der Waals surface area contributed by atoms with Crippen molar-refractivity contribution in [3.8, 4) is 10.6 Å². The van der Waals surface area contributed by atoms with Gasteiger partial charge in [0.1, 0.15) is 10.8 Å². The predicted molar refractivity (Wildman–Crippen MR) is 98.8 cm³/mol. The van der Waals surface area contributed by atoms with Gasteiger partial charge < -0.3 is 10.6 Å². The molecule has 1 aliphatic rings. The molecular weight excluding hydrogens is 358 g/mol. The average Bonchev–Trinajstić information content (AvgIpc) is 3.04. The van der Waals surface area contributed by atoms with Crippen molar-refractivity contribution in [1.29, 1.82) is 0 Å². The summed E-state index contributed by atoms with van der Waals surface area (Å²) in [6.45, 7) is 1.30. The second kappa shape index (κ2) is 6.67. The van der Waals surface area contributed by atoms with Gasteiger partial charge in [-0.05, 0) is 43.2 Å². The van der Waals surface area contributed by atoms with Gasteiger partial charge in [0, 0.05) is 19.1 Å². The molecule has 0 aliphatic carbocycles. The number of halogens is 1. The van der Waals surface area contributed by atoms with Crippen molar-refractivity contribution in [3.05, 3.63) is 41.2 Å². The van der Waals surface area contributed by atoms with E-state index in [-0.39, 0.29) is 11.9 Å². The highest BCUT2D eigenvalue weighted by molar-refractivity contribution is 7.22. The van der Waals surface area contributed by atoms with Gasteiger partial charge in [0.2, 0.25) is 0 Å². The van der Waals surface area contributed by atoms with Gasteiger partial charge >= 0.3 is 0 Å². The Morgan fingerprint density at radius 1 is 1.28 bits per heavy atom. The maximum atomic E-state index is 12.5. The molecule has 1 amide bonds. The Labute approximate surface area is 153 Å². The first-order chi connectivity index (χ1) is 12.1. The number of carbonyl (C=O) groups is 1. The molecule has 3 aromatic rings. The molecule has 1 atom stereocenters. The highest BCUT2D eigenvalue weighted by Gasteiger charge is 2.23. The van der Waals surface area contributed by atoms with Crippen LogP contribution in [-0.2, 0) is 0 Å². The van der Waals surface area contributed by atoms with Gasteiger partial charge in [-0.1, -0.05) is 11.6 Å². The highest BCUT2D eigenvalue weighted by atomic mass is 35.5. The fourth-order valence-corrected chi connectivity index (χ4v) is 4.08. The van der Waals surface area contributed by atoms with Crippen LogP contribution in [0.1, 0.15) is 23.3 Å². The van der Waals surface area contributed by atoms with E-state index >= 15 is 0 Å². The van der Waals surface area contributed by atoms with E-state index in [0.717, 1.165) is 34.5 Å². The van der Waals surface area contributed by atoms with E-state index < -0.39 is 0 Å². The van der Waals surface area contributed by atoms with Crippen molar-refractivity contribution < 1.29 is 4.79 Å². The monoisotopic (exact) mass is 373 g/mol. The van der Waals surface area contributed by atoms with Crippen LogP contribution in [0, 0.1) is 0 Å². The summed E-state index contributed by atoms with van der Waals surface area (Å²) in [5.41, 5.74) is 7.84. The first kappa shape index (κ1) is 16.4. The van der Waals surface area contributed by atoms with Gasteiger partial charge in [0.05, 0.1) is 15.1 Å². The van der Waals surface area contributed by atoms with E-state index in [2.05, 4.69) is 15.2 Å². The molecule has 2 N–H and O–H groups in total. The molecule has 3 aromatic heterocycles. The number of piperidine rings is 1. The van der Waals surface area contributed by atoms with Crippen LogP contribution in [0.15, 0.2) is 30.3 Å². The molecular formula is C17H16ClN5OS. The van der Waals surface area contributed by atoms with Gasteiger partial charge in [-0.25, -0.2) is 4.98 Å². The molecule has 6 nitrogen and oxygen atoms in total. The van der Waals surface area contributed by atoms with E-state index in [1.807, 2.05) is 18.2 Å². The molecule has 0 bridgehead atoms. The normalized spacial score (nSPS) is 17.8. The largest absolute Gasteiger partial charge is 0.336 e. The molecule has 4 rings (SSSR count). The lowest BCUT2D eigenvalue weighted by molar-refractivity contribution is 0.0701. The second-order valence-electron chi connectivity index (χ2n) is 6.09. The second-order valence-corrected chi connectivity index (χ2v) is 7.56. The van der Waals surface area contributed by atoms with Gasteiger partial charge in [-0.3, -0.25) is 4.79 Å². The standard InChI is InChI=1S/C17H16ClN5OS/c18-16-6-5-14-13(20-16)8-15(25-14)11-3-4-12(22-21-11)17(24)23-7-1-2-10(19)9-23/h3-6,8,10H,1-2,7,9,19H2. The Balaban J connectivity index is 1.57. The minimum atomic E-state index is -0.112. The molecule has 1 unspecified atom stereocenters. The Morgan fingerprint density at radius 2 is 2.16 bits per heavy atom. The van der Waals surface area contributed by atoms with Crippen molar-refractivity contribution >= 4 is 39.1 Å². The van der Waals surface area contributed by atoms with Crippen LogP contribution >= 0.6 is 22.9 Å². The Kier molecular flexibility index (Phi) is 4.37. The summed E-state index contributed by atoms with van der Waals surface area (Å²) >= 11 is 7.49. The summed E-state index contributed by atoms with van der Waals surface area (Å²) < 4.78 is 1.03. The molecule has 0 aromatic carbocycles. The quantitative estimate of drug-likeness (QED) is 0.698. The van der Waals surface area contributed by atoms with Crippen molar-refractivity contribution in [1.82, 2.24) is 20.1 Å². The van der Waals surface area contributed by atoms with E-state index in [0.29, 0.717) is 23.1 Å². The third-order valence-electron chi connectivity index (χ3n) is 4.22. The van der Waals surface area contributed by atoms with Crippen molar-refractivity contribution in [3.63, 3.8) is 0 Å². The summed E-state index contributed by atoms with van der Waals surface area (Å²) in [6, 6.07) is 9.21. The number of aromatic nitrogens is 3. The zero-order valence-electron chi connectivity index (χ0n) is 13.4. The molecule has 8 heteroatoms. The number of pyridine rings is 1. The van der Waals surface area contributed by atoms with Gasteiger partial charge in [-0.15, -0.1) is 21.5 Å². The number of nitrogens with zero attached hydrogens (tertiary/aromatic N) is 4. The van der Waals surface area contributed by atoms with E-state index in [1.165, 1.54) is 0 Å². The van der Waals surface area contributed by atoms with Crippen LogP contribution in [0.5, 0.6) is 0 Å². The molecule has 1 fully saturated rings. The smallest absolute Gasteiger partial charge is 0.274 e. The Bertz CT molecular complexity index is 926. The number of nitrogens with two attached hydrogens (primary N) is 1. The van der Waals surface area contributed by atoms with Crippen LogP contribution in [0.25, 0.3) is 20.8 Å². The third kappa shape index (κ3) is 3.35.